The summed E-state index contributed by atoms with van der Waals surface area (Å²) in [5.41, 5.74) is 4.16. The Balaban J connectivity index is 0.000000198. The summed E-state index contributed by atoms with van der Waals surface area (Å²) in [6, 6.07) is 29.1. The average molecular weight is 769 g/mol. The van der Waals surface area contributed by atoms with Crippen LogP contribution in [0.1, 0.15) is 22.8 Å². The summed E-state index contributed by atoms with van der Waals surface area (Å²) in [4.78, 5) is 24.3. The fourth-order valence-corrected chi connectivity index (χ4v) is 8.26. The van der Waals surface area contributed by atoms with E-state index in [4.69, 9.17) is 11.6 Å². The minimum absolute atomic E-state index is 0.00130. The lowest BCUT2D eigenvalue weighted by molar-refractivity contribution is -0.119. The largest absolute Gasteiger partial charge is 0.274 e. The molecule has 0 bridgehead atoms. The number of thiophene rings is 1. The number of rotatable bonds is 10. The number of carbonyl (C=O) groups excluding carboxylic acids is 2. The highest BCUT2D eigenvalue weighted by Crippen LogP contribution is 2.25. The summed E-state index contributed by atoms with van der Waals surface area (Å²) in [6.07, 6.45) is -0.287. The van der Waals surface area contributed by atoms with Crippen LogP contribution in [0, 0.1) is 19.7 Å². The van der Waals surface area contributed by atoms with Crippen LogP contribution in [0.5, 0.6) is 0 Å². The number of aromatic nitrogens is 4. The van der Waals surface area contributed by atoms with E-state index in [0.717, 1.165) is 52.7 Å². The smallest absolute Gasteiger partial charge is 0.273 e. The molecule has 0 atom stereocenters. The lowest BCUT2D eigenvalue weighted by Crippen LogP contribution is -2.32. The lowest BCUT2D eigenvalue weighted by atomic mass is 10.2. The first-order chi connectivity index (χ1) is 24.2. The number of hydrogen-bond acceptors (Lipinski definition) is 9. The summed E-state index contributed by atoms with van der Waals surface area (Å²) in [7, 11) is -7.99. The summed E-state index contributed by atoms with van der Waals surface area (Å²) in [5, 5.41) is 8.71. The van der Waals surface area contributed by atoms with Crippen LogP contribution < -0.4 is 9.44 Å². The highest BCUT2D eigenvalue weighted by atomic mass is 35.5. The zero-order valence-electron chi connectivity index (χ0n) is 27.0. The van der Waals surface area contributed by atoms with E-state index in [1.165, 1.54) is 12.1 Å². The van der Waals surface area contributed by atoms with E-state index in [0.29, 0.717) is 21.4 Å². The van der Waals surface area contributed by atoms with Crippen LogP contribution >= 0.6 is 22.9 Å². The molecule has 0 aliphatic rings. The number of nitrogens with one attached hydrogen (secondary N) is 2. The Morgan fingerprint density at radius 1 is 0.686 bits per heavy atom. The second kappa shape index (κ2) is 15.8. The molecular weight excluding hydrogens is 739 g/mol. The normalized spacial score (nSPS) is 11.4. The van der Waals surface area contributed by atoms with Gasteiger partial charge in [0.05, 0.1) is 56.2 Å². The van der Waals surface area contributed by atoms with Crippen molar-refractivity contribution in [1.29, 1.82) is 0 Å². The fourth-order valence-electron chi connectivity index (χ4n) is 4.81. The van der Waals surface area contributed by atoms with Gasteiger partial charge in [-0.15, -0.1) is 11.3 Å². The number of nitrogens with zero attached hydrogens (tertiary/aromatic N) is 4. The first kappa shape index (κ1) is 37.1. The molecule has 2 amide bonds. The Labute approximate surface area is 302 Å². The van der Waals surface area contributed by atoms with Gasteiger partial charge in [-0.1, -0.05) is 48.0 Å². The SMILES string of the molecule is Cc1cc(CC(=O)NS(=O)(=O)c2ccc(Cl)s2)n(-c2ccccc2)n1.Cc1cc(CC(=O)NS(=O)(=O)c2ccc(F)cc2)n(-c2ccccc2)n1. The number of benzene rings is 3. The second-order valence-corrected chi connectivity index (χ2v) is 16.3. The van der Waals surface area contributed by atoms with Gasteiger partial charge in [-0.2, -0.15) is 10.2 Å². The van der Waals surface area contributed by atoms with E-state index < -0.39 is 37.7 Å². The first-order valence-corrected chi connectivity index (χ1v) is 19.2. The van der Waals surface area contributed by atoms with Crippen LogP contribution in [-0.4, -0.2) is 48.2 Å². The molecule has 0 unspecified atom stereocenters. The van der Waals surface area contributed by atoms with Gasteiger partial charge in [0.15, 0.2) is 0 Å². The molecule has 0 spiro atoms. The molecule has 17 heteroatoms. The Kier molecular flexibility index (Phi) is 11.5. The first-order valence-electron chi connectivity index (χ1n) is 15.0. The molecule has 0 radical (unpaired) electrons. The van der Waals surface area contributed by atoms with Crippen LogP contribution in [0.2, 0.25) is 4.34 Å². The summed E-state index contributed by atoms with van der Waals surface area (Å²) in [5.74, 6) is -1.90. The maximum absolute atomic E-state index is 12.9. The number of carbonyl (C=O) groups is 2. The molecule has 3 aromatic heterocycles. The van der Waals surface area contributed by atoms with Crippen molar-refractivity contribution in [2.45, 2.75) is 35.8 Å². The third-order valence-electron chi connectivity index (χ3n) is 6.93. The number of hydrogen-bond donors (Lipinski definition) is 2. The van der Waals surface area contributed by atoms with E-state index in [9.17, 15) is 30.8 Å². The van der Waals surface area contributed by atoms with E-state index in [1.807, 2.05) is 72.3 Å². The van der Waals surface area contributed by atoms with E-state index in [2.05, 4.69) is 14.9 Å². The highest BCUT2D eigenvalue weighted by Gasteiger charge is 2.22. The zero-order chi connectivity index (χ0) is 36.8. The third kappa shape index (κ3) is 9.76. The van der Waals surface area contributed by atoms with Gasteiger partial charge in [-0.05, 0) is 86.6 Å². The van der Waals surface area contributed by atoms with Crippen molar-refractivity contribution < 1.29 is 30.8 Å². The molecule has 3 aromatic carbocycles. The Morgan fingerprint density at radius 3 is 1.57 bits per heavy atom. The van der Waals surface area contributed by atoms with E-state index >= 15 is 0 Å². The van der Waals surface area contributed by atoms with Crippen LogP contribution in [0.3, 0.4) is 0 Å². The third-order valence-corrected chi connectivity index (χ3v) is 11.4. The second-order valence-electron chi connectivity index (χ2n) is 11.0. The zero-order valence-corrected chi connectivity index (χ0v) is 30.2. The number of sulfonamides is 2. The van der Waals surface area contributed by atoms with Crippen molar-refractivity contribution in [3.05, 3.63) is 142 Å². The molecule has 0 aliphatic heterocycles. The highest BCUT2D eigenvalue weighted by molar-refractivity contribution is 7.92. The van der Waals surface area contributed by atoms with Crippen LogP contribution in [0.4, 0.5) is 4.39 Å². The molecule has 6 aromatic rings. The van der Waals surface area contributed by atoms with Crippen molar-refractivity contribution in [1.82, 2.24) is 29.0 Å². The maximum Gasteiger partial charge on any atom is 0.273 e. The van der Waals surface area contributed by atoms with Crippen molar-refractivity contribution >= 4 is 54.8 Å². The number of aryl methyl sites for hydroxylation is 2. The van der Waals surface area contributed by atoms with Gasteiger partial charge < -0.3 is 0 Å². The quantitative estimate of drug-likeness (QED) is 0.190. The average Bonchev–Trinajstić information content (AvgIpc) is 3.79. The minimum Gasteiger partial charge on any atom is -0.274 e. The van der Waals surface area contributed by atoms with Gasteiger partial charge in [0, 0.05) is 0 Å². The van der Waals surface area contributed by atoms with Crippen molar-refractivity contribution in [2.24, 2.45) is 0 Å². The van der Waals surface area contributed by atoms with E-state index in [1.54, 1.807) is 28.4 Å². The molecule has 0 saturated carbocycles. The maximum atomic E-state index is 12.9. The van der Waals surface area contributed by atoms with E-state index in [-0.39, 0.29) is 21.9 Å². The molecule has 12 nitrogen and oxygen atoms in total. The van der Waals surface area contributed by atoms with Gasteiger partial charge in [0.1, 0.15) is 10.0 Å². The van der Waals surface area contributed by atoms with Gasteiger partial charge in [0.25, 0.3) is 20.0 Å². The number of para-hydroxylation sites is 2. The Bertz CT molecular complexity index is 2380. The molecular formula is C34H30ClFN6O6S3. The van der Waals surface area contributed by atoms with Gasteiger partial charge >= 0.3 is 0 Å². The fraction of sp³-hybridized carbons (Fsp3) is 0.118. The van der Waals surface area contributed by atoms with Gasteiger partial charge in [-0.3, -0.25) is 9.59 Å². The molecule has 3 heterocycles. The Hall–Kier alpha value is -5.16. The molecule has 51 heavy (non-hydrogen) atoms. The molecule has 0 aliphatic carbocycles. The topological polar surface area (TPSA) is 162 Å². The molecule has 0 saturated heterocycles. The van der Waals surface area contributed by atoms with Crippen LogP contribution in [0.15, 0.2) is 118 Å². The Morgan fingerprint density at radius 2 is 1.14 bits per heavy atom. The van der Waals surface area contributed by atoms with Crippen LogP contribution in [0.25, 0.3) is 11.4 Å². The molecule has 0 fully saturated rings. The van der Waals surface area contributed by atoms with Gasteiger partial charge in [0.2, 0.25) is 11.8 Å². The van der Waals surface area contributed by atoms with Crippen molar-refractivity contribution in [2.75, 3.05) is 0 Å². The predicted molar refractivity (Wildman–Crippen MR) is 190 cm³/mol. The summed E-state index contributed by atoms with van der Waals surface area (Å²) >= 11 is 6.65. The minimum atomic E-state index is -4.06. The van der Waals surface area contributed by atoms with Gasteiger partial charge in [-0.25, -0.2) is 40.0 Å². The van der Waals surface area contributed by atoms with Crippen molar-refractivity contribution in [3.8, 4) is 11.4 Å². The molecule has 2 N–H and O–H groups in total. The number of amides is 2. The molecule has 6 rings (SSSR count). The monoisotopic (exact) mass is 768 g/mol. The summed E-state index contributed by atoms with van der Waals surface area (Å²) < 4.78 is 69.4. The predicted octanol–water partition coefficient (Wildman–Crippen LogP) is 5.31. The lowest BCUT2D eigenvalue weighted by Gasteiger charge is -2.09. The standard InChI is InChI=1S/C18H16FN3O3S.C16H14ClN3O3S2/c1-13-11-16(22(20-13)15-5-3-2-4-6-15)12-18(23)21-26(24,25)17-9-7-14(19)8-10-17;1-11-9-13(20(18-11)12-5-3-2-4-6-12)10-15(21)19-25(22,23)16-8-7-14(17)24-16/h2-11H,12H2,1H3,(H,21,23);2-9H,10H2,1H3,(H,19,21). The molecule has 264 valence electrons. The number of halogens is 2. The van der Waals surface area contributed by atoms with Crippen LogP contribution in [-0.2, 0) is 42.5 Å². The summed E-state index contributed by atoms with van der Waals surface area (Å²) in [6.45, 7) is 3.60. The van der Waals surface area contributed by atoms with Crippen molar-refractivity contribution in [3.63, 3.8) is 0 Å².